The number of hydrogen-bond donors (Lipinski definition) is 1. The maximum Gasteiger partial charge on any atom is 0.133 e. The Morgan fingerprint density at radius 1 is 1.22 bits per heavy atom. The number of fused-ring (bicyclic) bond motifs is 1. The summed E-state index contributed by atoms with van der Waals surface area (Å²) in [6.07, 6.45) is 2.52. The Labute approximate surface area is 115 Å². The number of nitrogens with one attached hydrogen (secondary N) is 1. The molecule has 0 spiro atoms. The predicted octanol–water partition coefficient (Wildman–Crippen LogP) is 2.98. The zero-order chi connectivity index (χ0) is 12.5. The Bertz CT molecular complexity index is 599. The van der Waals surface area contributed by atoms with Crippen LogP contribution in [0.25, 0.3) is 0 Å². The van der Waals surface area contributed by atoms with Crippen LogP contribution in [0.5, 0.6) is 0 Å². The molecule has 1 aliphatic rings. The first kappa shape index (κ1) is 11.9. The minimum atomic E-state index is 0.628. The molecule has 0 unspecified atom stereocenters. The van der Waals surface area contributed by atoms with Crippen LogP contribution in [0, 0.1) is 0 Å². The van der Waals surface area contributed by atoms with Gasteiger partial charge in [-0.3, -0.25) is 0 Å². The molecule has 18 heavy (non-hydrogen) atoms. The SMILES string of the molecule is Clc1ccc(Cc2ncc3c(n2)CNC3)c(Cl)c1. The average Bonchev–Trinajstić information content (AvgIpc) is 2.80. The maximum absolute atomic E-state index is 6.14. The van der Waals surface area contributed by atoms with Gasteiger partial charge in [0.1, 0.15) is 5.82 Å². The molecule has 0 saturated carbocycles. The standard InChI is InChI=1S/C13H11Cl2N3/c14-10-2-1-8(11(15)4-10)3-13-17-6-9-5-16-7-12(9)18-13/h1-2,4,6,16H,3,5,7H2. The van der Waals surface area contributed by atoms with Crippen molar-refractivity contribution in [2.24, 2.45) is 0 Å². The van der Waals surface area contributed by atoms with E-state index in [-0.39, 0.29) is 0 Å². The van der Waals surface area contributed by atoms with Gasteiger partial charge in [0.15, 0.2) is 0 Å². The van der Waals surface area contributed by atoms with Crippen molar-refractivity contribution in [1.29, 1.82) is 0 Å². The maximum atomic E-state index is 6.14. The highest BCUT2D eigenvalue weighted by Crippen LogP contribution is 2.23. The molecule has 0 atom stereocenters. The summed E-state index contributed by atoms with van der Waals surface area (Å²) in [4.78, 5) is 8.91. The van der Waals surface area contributed by atoms with Crippen LogP contribution in [0.2, 0.25) is 10.0 Å². The summed E-state index contributed by atoms with van der Waals surface area (Å²) in [5, 5.41) is 4.55. The van der Waals surface area contributed by atoms with Crippen LogP contribution in [0.1, 0.15) is 22.6 Å². The van der Waals surface area contributed by atoms with Crippen LogP contribution in [-0.4, -0.2) is 9.97 Å². The lowest BCUT2D eigenvalue weighted by atomic mass is 10.1. The number of aromatic nitrogens is 2. The van der Waals surface area contributed by atoms with Gasteiger partial charge in [0.05, 0.1) is 5.69 Å². The summed E-state index contributed by atoms with van der Waals surface area (Å²) >= 11 is 12.0. The fraction of sp³-hybridized carbons (Fsp3) is 0.231. The molecule has 0 radical (unpaired) electrons. The molecule has 3 rings (SSSR count). The van der Waals surface area contributed by atoms with Gasteiger partial charge in [0.2, 0.25) is 0 Å². The van der Waals surface area contributed by atoms with E-state index in [4.69, 9.17) is 23.2 Å². The molecule has 2 aromatic rings. The number of halogens is 2. The Hall–Kier alpha value is -1.16. The first-order chi connectivity index (χ1) is 8.72. The van der Waals surface area contributed by atoms with E-state index >= 15 is 0 Å². The summed E-state index contributed by atoms with van der Waals surface area (Å²) < 4.78 is 0. The van der Waals surface area contributed by atoms with Gasteiger partial charge >= 0.3 is 0 Å². The molecule has 1 N–H and O–H groups in total. The zero-order valence-corrected chi connectivity index (χ0v) is 11.1. The Kier molecular flexibility index (Phi) is 3.20. The summed E-state index contributed by atoms with van der Waals surface area (Å²) in [5.74, 6) is 0.793. The van der Waals surface area contributed by atoms with Crippen molar-refractivity contribution >= 4 is 23.2 Å². The van der Waals surface area contributed by atoms with E-state index < -0.39 is 0 Å². The van der Waals surface area contributed by atoms with Gasteiger partial charge in [-0.1, -0.05) is 29.3 Å². The smallest absolute Gasteiger partial charge is 0.133 e. The third-order valence-electron chi connectivity index (χ3n) is 2.98. The Morgan fingerprint density at radius 3 is 2.94 bits per heavy atom. The summed E-state index contributed by atoms with van der Waals surface area (Å²) in [5.41, 5.74) is 3.26. The van der Waals surface area contributed by atoms with Crippen molar-refractivity contribution in [2.45, 2.75) is 19.5 Å². The Morgan fingerprint density at radius 2 is 2.11 bits per heavy atom. The zero-order valence-electron chi connectivity index (χ0n) is 9.58. The quantitative estimate of drug-likeness (QED) is 0.919. The van der Waals surface area contributed by atoms with Gasteiger partial charge < -0.3 is 5.32 Å². The van der Waals surface area contributed by atoms with E-state index in [2.05, 4.69) is 15.3 Å². The lowest BCUT2D eigenvalue weighted by Gasteiger charge is -2.05. The van der Waals surface area contributed by atoms with Gasteiger partial charge in [-0.25, -0.2) is 9.97 Å². The highest BCUT2D eigenvalue weighted by molar-refractivity contribution is 6.35. The van der Waals surface area contributed by atoms with Crippen LogP contribution in [0.3, 0.4) is 0 Å². The second kappa shape index (κ2) is 4.84. The highest BCUT2D eigenvalue weighted by Gasteiger charge is 2.13. The van der Waals surface area contributed by atoms with Gasteiger partial charge in [-0.2, -0.15) is 0 Å². The van der Waals surface area contributed by atoms with Crippen molar-refractivity contribution < 1.29 is 0 Å². The largest absolute Gasteiger partial charge is 0.307 e. The molecule has 1 aromatic heterocycles. The van der Waals surface area contributed by atoms with Crippen molar-refractivity contribution in [1.82, 2.24) is 15.3 Å². The van der Waals surface area contributed by atoms with E-state index in [1.807, 2.05) is 18.3 Å². The number of benzene rings is 1. The molecular weight excluding hydrogens is 269 g/mol. The van der Waals surface area contributed by atoms with E-state index in [9.17, 15) is 0 Å². The minimum Gasteiger partial charge on any atom is -0.307 e. The molecule has 1 aliphatic heterocycles. The van der Waals surface area contributed by atoms with Gasteiger partial charge in [-0.15, -0.1) is 0 Å². The summed E-state index contributed by atoms with van der Waals surface area (Å²) in [6.45, 7) is 1.68. The monoisotopic (exact) mass is 279 g/mol. The van der Waals surface area contributed by atoms with E-state index in [1.54, 1.807) is 6.07 Å². The minimum absolute atomic E-state index is 0.628. The van der Waals surface area contributed by atoms with Crippen molar-refractivity contribution in [3.63, 3.8) is 0 Å². The van der Waals surface area contributed by atoms with E-state index in [1.165, 1.54) is 5.56 Å². The molecule has 0 fully saturated rings. The fourth-order valence-electron chi connectivity index (χ4n) is 2.02. The van der Waals surface area contributed by atoms with Crippen LogP contribution in [0.4, 0.5) is 0 Å². The van der Waals surface area contributed by atoms with Crippen molar-refractivity contribution in [2.75, 3.05) is 0 Å². The van der Waals surface area contributed by atoms with Crippen LogP contribution < -0.4 is 5.32 Å². The van der Waals surface area contributed by atoms with Crippen molar-refractivity contribution in [3.8, 4) is 0 Å². The second-order valence-electron chi connectivity index (χ2n) is 4.27. The van der Waals surface area contributed by atoms with Gasteiger partial charge in [-0.05, 0) is 17.7 Å². The molecule has 3 nitrogen and oxygen atoms in total. The van der Waals surface area contributed by atoms with E-state index in [0.29, 0.717) is 16.5 Å². The number of hydrogen-bond acceptors (Lipinski definition) is 3. The molecule has 5 heteroatoms. The van der Waals surface area contributed by atoms with Gasteiger partial charge in [0.25, 0.3) is 0 Å². The fourth-order valence-corrected chi connectivity index (χ4v) is 2.50. The Balaban J connectivity index is 1.88. The van der Waals surface area contributed by atoms with Crippen LogP contribution in [-0.2, 0) is 19.5 Å². The molecule has 0 bridgehead atoms. The molecule has 0 saturated heterocycles. The second-order valence-corrected chi connectivity index (χ2v) is 5.12. The first-order valence-corrected chi connectivity index (χ1v) is 6.46. The van der Waals surface area contributed by atoms with E-state index in [0.717, 1.165) is 30.2 Å². The number of nitrogens with zero attached hydrogens (tertiary/aromatic N) is 2. The molecule has 1 aromatic carbocycles. The molecule has 2 heterocycles. The normalized spacial score (nSPS) is 13.7. The average molecular weight is 280 g/mol. The first-order valence-electron chi connectivity index (χ1n) is 5.71. The van der Waals surface area contributed by atoms with Crippen LogP contribution in [0.15, 0.2) is 24.4 Å². The number of rotatable bonds is 2. The van der Waals surface area contributed by atoms with Crippen molar-refractivity contribution in [3.05, 3.63) is 57.1 Å². The summed E-state index contributed by atoms with van der Waals surface area (Å²) in [7, 11) is 0. The third-order valence-corrected chi connectivity index (χ3v) is 3.56. The highest BCUT2D eigenvalue weighted by atomic mass is 35.5. The van der Waals surface area contributed by atoms with Crippen LogP contribution >= 0.6 is 23.2 Å². The van der Waals surface area contributed by atoms with Gasteiger partial charge in [0, 0.05) is 41.3 Å². The molecule has 0 aliphatic carbocycles. The topological polar surface area (TPSA) is 37.8 Å². The predicted molar refractivity (Wildman–Crippen MR) is 71.8 cm³/mol. The molecule has 0 amide bonds. The summed E-state index contributed by atoms with van der Waals surface area (Å²) in [6, 6.07) is 5.49. The lowest BCUT2D eigenvalue weighted by Crippen LogP contribution is -2.02. The lowest BCUT2D eigenvalue weighted by molar-refractivity contribution is 0.756. The molecule has 92 valence electrons. The third kappa shape index (κ3) is 2.34. The molecular formula is C13H11Cl2N3.